The van der Waals surface area contributed by atoms with Gasteiger partial charge in [0.1, 0.15) is 11.4 Å². The molecule has 2 saturated carbocycles. The van der Waals surface area contributed by atoms with Gasteiger partial charge in [0.05, 0.1) is 12.7 Å². The zero-order valence-corrected chi connectivity index (χ0v) is 22.5. The predicted octanol–water partition coefficient (Wildman–Crippen LogP) is 7.44. The number of aliphatic hydroxyl groups is 1. The number of fused-ring (bicyclic) bond motifs is 5. The number of terminal acetylenes is 1. The monoisotopic (exact) mass is 480 g/mol. The summed E-state index contributed by atoms with van der Waals surface area (Å²) >= 11 is 0. The normalized spacial score (nSPS) is 33.5. The summed E-state index contributed by atoms with van der Waals surface area (Å²) in [6.45, 7) is 8.38. The molecule has 4 rings (SSSR count). The molecule has 2 fully saturated rings. The van der Waals surface area contributed by atoms with Crippen LogP contribution in [0.15, 0.2) is 18.2 Å². The molecule has 0 radical (unpaired) electrons. The molecule has 3 aliphatic carbocycles. The third-order valence-corrected chi connectivity index (χ3v) is 9.68. The van der Waals surface area contributed by atoms with Gasteiger partial charge in [-0.1, -0.05) is 71.3 Å². The van der Waals surface area contributed by atoms with Gasteiger partial charge in [0, 0.05) is 12.0 Å². The molecule has 0 unspecified atom stereocenters. The van der Waals surface area contributed by atoms with Crippen LogP contribution >= 0.6 is 0 Å². The summed E-state index contributed by atoms with van der Waals surface area (Å²) < 4.78 is 12.8. The number of ether oxygens (including phenoxy) is 2. The molecule has 3 aliphatic rings. The highest BCUT2D eigenvalue weighted by molar-refractivity contribution is 5.42. The Bertz CT molecular complexity index is 872. The number of hydrogen-bond donors (Lipinski definition) is 1. The zero-order chi connectivity index (χ0) is 24.9. The molecule has 1 aromatic carbocycles. The maximum Gasteiger partial charge on any atom is 0.130 e. The lowest BCUT2D eigenvalue weighted by Crippen LogP contribution is -2.53. The molecule has 1 N–H and O–H groups in total. The van der Waals surface area contributed by atoms with Crippen molar-refractivity contribution in [3.05, 3.63) is 29.3 Å². The molecule has 0 amide bonds. The van der Waals surface area contributed by atoms with E-state index >= 15 is 0 Å². The van der Waals surface area contributed by atoms with Crippen LogP contribution in [-0.2, 0) is 11.2 Å². The number of hydrogen-bond acceptors (Lipinski definition) is 3. The van der Waals surface area contributed by atoms with Gasteiger partial charge < -0.3 is 14.6 Å². The molecule has 3 nitrogen and oxygen atoms in total. The quantitative estimate of drug-likeness (QED) is 0.249. The smallest absolute Gasteiger partial charge is 0.130 e. The van der Waals surface area contributed by atoms with Crippen LogP contribution in [0, 0.1) is 29.6 Å². The summed E-state index contributed by atoms with van der Waals surface area (Å²) in [6.07, 6.45) is 20.6. The average molecular weight is 481 g/mol. The summed E-state index contributed by atoms with van der Waals surface area (Å²) in [5, 5.41) is 11.4. The number of benzene rings is 1. The molecule has 6 atom stereocenters. The zero-order valence-electron chi connectivity index (χ0n) is 22.5. The lowest BCUT2D eigenvalue weighted by atomic mass is 9.52. The SMILES string of the molecule is C#C[C@]1(O)CC[C@H]2[C@H]3[C@H](CC[C@@]21C)c1ccc(OCCCCCC)cc1C[C@H]3OCCCCCC. The molecule has 0 saturated heterocycles. The van der Waals surface area contributed by atoms with Crippen molar-refractivity contribution < 1.29 is 14.6 Å². The fourth-order valence-electron chi connectivity index (χ4n) is 7.55. The Morgan fingerprint density at radius 2 is 1.74 bits per heavy atom. The molecule has 3 heteroatoms. The largest absolute Gasteiger partial charge is 0.494 e. The van der Waals surface area contributed by atoms with Crippen LogP contribution in [0.3, 0.4) is 0 Å². The van der Waals surface area contributed by atoms with Crippen LogP contribution in [0.4, 0.5) is 0 Å². The number of rotatable bonds is 12. The summed E-state index contributed by atoms with van der Waals surface area (Å²) in [5.41, 5.74) is 1.69. The van der Waals surface area contributed by atoms with E-state index in [1.165, 1.54) is 49.7 Å². The molecule has 35 heavy (non-hydrogen) atoms. The van der Waals surface area contributed by atoms with Crippen LogP contribution in [0.2, 0.25) is 0 Å². The summed E-state index contributed by atoms with van der Waals surface area (Å²) in [4.78, 5) is 0. The topological polar surface area (TPSA) is 38.7 Å². The molecule has 0 spiro atoms. The van der Waals surface area contributed by atoms with E-state index in [2.05, 4.69) is 44.9 Å². The van der Waals surface area contributed by atoms with Gasteiger partial charge >= 0.3 is 0 Å². The summed E-state index contributed by atoms with van der Waals surface area (Å²) in [6, 6.07) is 6.80. The van der Waals surface area contributed by atoms with Crippen molar-refractivity contribution in [3.8, 4) is 18.1 Å². The van der Waals surface area contributed by atoms with Gasteiger partial charge in [-0.25, -0.2) is 0 Å². The second kappa shape index (κ2) is 11.7. The van der Waals surface area contributed by atoms with E-state index in [-0.39, 0.29) is 11.5 Å². The lowest BCUT2D eigenvalue weighted by molar-refractivity contribution is -0.106. The van der Waals surface area contributed by atoms with Crippen LogP contribution < -0.4 is 4.74 Å². The Hall–Kier alpha value is -1.50. The molecule has 0 heterocycles. The van der Waals surface area contributed by atoms with Crippen molar-refractivity contribution in [2.24, 2.45) is 17.3 Å². The standard InChI is InChI=1S/C32H48O3/c1-5-8-10-12-20-34-25-14-15-26-24(22-25)23-29(35-21-13-11-9-6-2)30-27(26)16-18-31(4)28(30)17-19-32(31,33)7-3/h3,14-15,22,27-30,33H,5-6,8-13,16-21,23H2,1-2,4H3/t27-,28+,29-,30-,31+,32+/m1/s1. The Labute approximate surface area is 214 Å². The third-order valence-electron chi connectivity index (χ3n) is 9.68. The van der Waals surface area contributed by atoms with E-state index in [1.54, 1.807) is 0 Å². The minimum Gasteiger partial charge on any atom is -0.494 e. The first-order valence-corrected chi connectivity index (χ1v) is 14.5. The van der Waals surface area contributed by atoms with Crippen molar-refractivity contribution >= 4 is 0 Å². The fraction of sp³-hybridized carbons (Fsp3) is 0.750. The van der Waals surface area contributed by atoms with E-state index in [1.807, 2.05) is 0 Å². The van der Waals surface area contributed by atoms with Gasteiger partial charge in [-0.05, 0) is 86.0 Å². The molecule has 0 bridgehead atoms. The maximum atomic E-state index is 11.4. The summed E-state index contributed by atoms with van der Waals surface area (Å²) in [5.74, 6) is 5.13. The van der Waals surface area contributed by atoms with Crippen LogP contribution in [-0.4, -0.2) is 30.0 Å². The fourth-order valence-corrected chi connectivity index (χ4v) is 7.55. The van der Waals surface area contributed by atoms with Gasteiger partial charge in [-0.15, -0.1) is 6.42 Å². The lowest BCUT2D eigenvalue weighted by Gasteiger charge is -2.54. The van der Waals surface area contributed by atoms with E-state index in [9.17, 15) is 5.11 Å². The van der Waals surface area contributed by atoms with Crippen molar-refractivity contribution in [2.75, 3.05) is 13.2 Å². The first-order chi connectivity index (χ1) is 17.0. The van der Waals surface area contributed by atoms with Gasteiger partial charge in [0.2, 0.25) is 0 Å². The van der Waals surface area contributed by atoms with Crippen molar-refractivity contribution in [2.45, 2.75) is 122 Å². The minimum atomic E-state index is -0.982. The van der Waals surface area contributed by atoms with Gasteiger partial charge in [-0.3, -0.25) is 0 Å². The Kier molecular flexibility index (Phi) is 8.88. The molecular weight excluding hydrogens is 432 g/mol. The molecular formula is C32H48O3. The summed E-state index contributed by atoms with van der Waals surface area (Å²) in [7, 11) is 0. The van der Waals surface area contributed by atoms with Crippen LogP contribution in [0.5, 0.6) is 5.75 Å². The molecule has 194 valence electrons. The van der Waals surface area contributed by atoms with Gasteiger partial charge in [0.15, 0.2) is 0 Å². The van der Waals surface area contributed by atoms with E-state index in [0.29, 0.717) is 17.8 Å². The molecule has 1 aromatic rings. The first kappa shape index (κ1) is 26.6. The Morgan fingerprint density at radius 1 is 1.00 bits per heavy atom. The van der Waals surface area contributed by atoms with Crippen molar-refractivity contribution in [3.63, 3.8) is 0 Å². The van der Waals surface area contributed by atoms with E-state index in [4.69, 9.17) is 15.9 Å². The minimum absolute atomic E-state index is 0.193. The maximum absolute atomic E-state index is 11.4. The average Bonchev–Trinajstić information content (AvgIpc) is 3.14. The second-order valence-corrected chi connectivity index (χ2v) is 11.7. The van der Waals surface area contributed by atoms with E-state index < -0.39 is 5.60 Å². The van der Waals surface area contributed by atoms with Gasteiger partial charge in [0.25, 0.3) is 0 Å². The van der Waals surface area contributed by atoms with Crippen LogP contribution in [0.25, 0.3) is 0 Å². The molecule has 0 aliphatic heterocycles. The Balaban J connectivity index is 1.54. The highest BCUT2D eigenvalue weighted by Crippen LogP contribution is 2.64. The Morgan fingerprint density at radius 3 is 2.46 bits per heavy atom. The second-order valence-electron chi connectivity index (χ2n) is 11.7. The van der Waals surface area contributed by atoms with Crippen molar-refractivity contribution in [1.29, 1.82) is 0 Å². The highest BCUT2D eigenvalue weighted by Gasteiger charge is 2.62. The molecule has 0 aromatic heterocycles. The highest BCUT2D eigenvalue weighted by atomic mass is 16.5. The third kappa shape index (κ3) is 5.30. The van der Waals surface area contributed by atoms with Gasteiger partial charge in [-0.2, -0.15) is 0 Å². The predicted molar refractivity (Wildman–Crippen MR) is 144 cm³/mol. The van der Waals surface area contributed by atoms with Crippen molar-refractivity contribution in [1.82, 2.24) is 0 Å². The number of unbranched alkanes of at least 4 members (excludes halogenated alkanes) is 6. The first-order valence-electron chi connectivity index (χ1n) is 14.5. The van der Waals surface area contributed by atoms with Crippen LogP contribution in [0.1, 0.15) is 115 Å². The van der Waals surface area contributed by atoms with E-state index in [0.717, 1.165) is 63.9 Å².